The molecule has 2 aromatic rings. The van der Waals surface area contributed by atoms with Gasteiger partial charge >= 0.3 is 11.8 Å². The van der Waals surface area contributed by atoms with Crippen LogP contribution in [0.25, 0.3) is 0 Å². The molecule has 1 aromatic carbocycles. The summed E-state index contributed by atoms with van der Waals surface area (Å²) >= 11 is 0. The number of pyridine rings is 1. The molecule has 1 heterocycles. The molecule has 26 heavy (non-hydrogen) atoms. The highest BCUT2D eigenvalue weighted by atomic mass is 16.6. The average molecular weight is 359 g/mol. The number of nitrogens with zero attached hydrogens (tertiary/aromatic N) is 2. The van der Waals surface area contributed by atoms with Crippen LogP contribution in [0.5, 0.6) is 5.75 Å². The van der Waals surface area contributed by atoms with Crippen molar-refractivity contribution in [3.05, 3.63) is 63.3 Å². The Balaban J connectivity index is 1.88. The van der Waals surface area contributed by atoms with Crippen molar-refractivity contribution in [1.29, 1.82) is 0 Å². The maximum atomic E-state index is 11.9. The van der Waals surface area contributed by atoms with Gasteiger partial charge in [-0.05, 0) is 39.7 Å². The van der Waals surface area contributed by atoms with E-state index in [9.17, 15) is 19.7 Å². The van der Waals surface area contributed by atoms with Crippen molar-refractivity contribution in [3.63, 3.8) is 0 Å². The number of rotatable bonds is 7. The first-order valence-electron chi connectivity index (χ1n) is 7.59. The molecular weight excluding hydrogens is 342 g/mol. The third-order valence-electron chi connectivity index (χ3n) is 3.37. The minimum absolute atomic E-state index is 0.0711. The fraction of sp³-hybridized carbons (Fsp3) is 0.235. The Kier molecular flexibility index (Phi) is 6.20. The van der Waals surface area contributed by atoms with E-state index in [1.807, 2.05) is 0 Å². The van der Waals surface area contributed by atoms with E-state index in [1.165, 1.54) is 13.2 Å². The first kappa shape index (κ1) is 18.8. The Labute approximate surface area is 149 Å². The molecule has 0 aliphatic carbocycles. The van der Waals surface area contributed by atoms with Crippen LogP contribution in [0.3, 0.4) is 0 Å². The van der Waals surface area contributed by atoms with Crippen LogP contribution in [-0.4, -0.2) is 35.5 Å². The number of ether oxygens (including phenoxy) is 2. The van der Waals surface area contributed by atoms with Crippen molar-refractivity contribution in [2.45, 2.75) is 13.5 Å². The summed E-state index contributed by atoms with van der Waals surface area (Å²) in [7, 11) is 1.30. The fourth-order valence-corrected chi connectivity index (χ4v) is 2.05. The Hall–Kier alpha value is -3.49. The molecule has 0 bridgehead atoms. The predicted octanol–water partition coefficient (Wildman–Crippen LogP) is 1.78. The molecule has 0 aliphatic rings. The monoisotopic (exact) mass is 359 g/mol. The van der Waals surface area contributed by atoms with Gasteiger partial charge in [0.25, 0.3) is 5.91 Å². The second-order valence-electron chi connectivity index (χ2n) is 5.29. The van der Waals surface area contributed by atoms with Gasteiger partial charge in [-0.1, -0.05) is 12.1 Å². The molecule has 9 nitrogen and oxygen atoms in total. The SMILES string of the molecule is COC(=O)c1ccc(CNC(=O)COc2ccc(C)nc2[N+](=O)[O-])cc1. The summed E-state index contributed by atoms with van der Waals surface area (Å²) < 4.78 is 9.80. The molecule has 1 N–H and O–H groups in total. The van der Waals surface area contributed by atoms with Gasteiger partial charge in [-0.15, -0.1) is 0 Å². The normalized spacial score (nSPS) is 10.1. The fourth-order valence-electron chi connectivity index (χ4n) is 2.05. The number of esters is 1. The molecule has 0 saturated heterocycles. The van der Waals surface area contributed by atoms with E-state index in [2.05, 4.69) is 15.0 Å². The van der Waals surface area contributed by atoms with E-state index in [0.29, 0.717) is 11.3 Å². The number of aromatic nitrogens is 1. The molecule has 136 valence electrons. The summed E-state index contributed by atoms with van der Waals surface area (Å²) in [6.45, 7) is 1.46. The van der Waals surface area contributed by atoms with Gasteiger partial charge in [0, 0.05) is 13.5 Å². The zero-order valence-corrected chi connectivity index (χ0v) is 14.2. The third kappa shape index (κ3) is 5.00. The molecule has 0 atom stereocenters. The number of benzene rings is 1. The molecular formula is C17H17N3O6. The van der Waals surface area contributed by atoms with Gasteiger partial charge < -0.3 is 24.9 Å². The van der Waals surface area contributed by atoms with Gasteiger partial charge in [-0.2, -0.15) is 0 Å². The predicted molar refractivity (Wildman–Crippen MR) is 90.8 cm³/mol. The molecule has 0 aliphatic heterocycles. The van der Waals surface area contributed by atoms with Gasteiger partial charge in [0.15, 0.2) is 6.61 Å². The number of nitrogens with one attached hydrogen (secondary N) is 1. The Morgan fingerprint density at radius 3 is 2.50 bits per heavy atom. The van der Waals surface area contributed by atoms with E-state index < -0.39 is 22.6 Å². The van der Waals surface area contributed by atoms with E-state index >= 15 is 0 Å². The number of aryl methyl sites for hydroxylation is 1. The van der Waals surface area contributed by atoms with E-state index in [4.69, 9.17) is 4.74 Å². The smallest absolute Gasteiger partial charge is 0.406 e. The molecule has 0 unspecified atom stereocenters. The molecule has 0 saturated carbocycles. The highest BCUT2D eigenvalue weighted by molar-refractivity contribution is 5.89. The van der Waals surface area contributed by atoms with Crippen molar-refractivity contribution >= 4 is 17.7 Å². The van der Waals surface area contributed by atoms with E-state index in [-0.39, 0.29) is 18.9 Å². The summed E-state index contributed by atoms with van der Waals surface area (Å²) in [6, 6.07) is 9.50. The van der Waals surface area contributed by atoms with E-state index in [0.717, 1.165) is 5.56 Å². The van der Waals surface area contributed by atoms with Crippen LogP contribution >= 0.6 is 0 Å². The summed E-state index contributed by atoms with van der Waals surface area (Å²) in [5.74, 6) is -1.39. The summed E-state index contributed by atoms with van der Waals surface area (Å²) in [5, 5.41) is 13.6. The number of carbonyl (C=O) groups excluding carboxylic acids is 2. The number of amides is 1. The second kappa shape index (κ2) is 8.56. The van der Waals surface area contributed by atoms with Crippen LogP contribution < -0.4 is 10.1 Å². The van der Waals surface area contributed by atoms with Gasteiger partial charge in [-0.25, -0.2) is 4.79 Å². The number of methoxy groups -OCH3 is 1. The number of hydrogen-bond acceptors (Lipinski definition) is 7. The molecule has 9 heteroatoms. The quantitative estimate of drug-likeness (QED) is 0.454. The molecule has 1 amide bonds. The summed E-state index contributed by atoms with van der Waals surface area (Å²) in [6.07, 6.45) is 0. The van der Waals surface area contributed by atoms with Crippen LogP contribution in [0.15, 0.2) is 36.4 Å². The highest BCUT2D eigenvalue weighted by Gasteiger charge is 2.18. The lowest BCUT2D eigenvalue weighted by Gasteiger charge is -2.08. The highest BCUT2D eigenvalue weighted by Crippen LogP contribution is 2.24. The molecule has 0 spiro atoms. The van der Waals surface area contributed by atoms with Gasteiger partial charge in [-0.3, -0.25) is 4.79 Å². The summed E-state index contributed by atoms with van der Waals surface area (Å²) in [5.41, 5.74) is 1.66. The van der Waals surface area contributed by atoms with Crippen LogP contribution in [0.4, 0.5) is 5.82 Å². The number of nitro groups is 1. The van der Waals surface area contributed by atoms with Crippen molar-refractivity contribution < 1.29 is 24.0 Å². The second-order valence-corrected chi connectivity index (χ2v) is 5.29. The number of hydrogen-bond donors (Lipinski definition) is 1. The third-order valence-corrected chi connectivity index (χ3v) is 3.37. The maximum Gasteiger partial charge on any atom is 0.406 e. The van der Waals surface area contributed by atoms with E-state index in [1.54, 1.807) is 37.3 Å². The van der Waals surface area contributed by atoms with Crippen LogP contribution in [0.2, 0.25) is 0 Å². The molecule has 1 aromatic heterocycles. The Morgan fingerprint density at radius 2 is 1.88 bits per heavy atom. The molecule has 0 fully saturated rings. The van der Waals surface area contributed by atoms with Crippen molar-refractivity contribution in [2.24, 2.45) is 0 Å². The van der Waals surface area contributed by atoms with Crippen molar-refractivity contribution in [1.82, 2.24) is 10.3 Å². The topological polar surface area (TPSA) is 121 Å². The maximum absolute atomic E-state index is 11.9. The van der Waals surface area contributed by atoms with Crippen LogP contribution in [0.1, 0.15) is 21.6 Å². The minimum Gasteiger partial charge on any atom is -0.476 e. The van der Waals surface area contributed by atoms with Crippen LogP contribution in [0, 0.1) is 17.0 Å². The average Bonchev–Trinajstić information content (AvgIpc) is 2.65. The Morgan fingerprint density at radius 1 is 1.19 bits per heavy atom. The lowest BCUT2D eigenvalue weighted by molar-refractivity contribution is -0.390. The van der Waals surface area contributed by atoms with Gasteiger partial charge in [0.2, 0.25) is 5.75 Å². The van der Waals surface area contributed by atoms with Crippen LogP contribution in [-0.2, 0) is 16.1 Å². The van der Waals surface area contributed by atoms with Crippen molar-refractivity contribution in [3.8, 4) is 5.75 Å². The zero-order chi connectivity index (χ0) is 19.1. The van der Waals surface area contributed by atoms with Gasteiger partial charge in [0.1, 0.15) is 5.69 Å². The zero-order valence-electron chi connectivity index (χ0n) is 14.2. The lowest BCUT2D eigenvalue weighted by atomic mass is 10.1. The number of carbonyl (C=O) groups is 2. The molecule has 2 rings (SSSR count). The Bertz CT molecular complexity index is 820. The van der Waals surface area contributed by atoms with Crippen molar-refractivity contribution in [2.75, 3.05) is 13.7 Å². The first-order valence-corrected chi connectivity index (χ1v) is 7.59. The van der Waals surface area contributed by atoms with Gasteiger partial charge in [0.05, 0.1) is 12.7 Å². The summed E-state index contributed by atoms with van der Waals surface area (Å²) in [4.78, 5) is 37.3. The standard InChI is InChI=1S/C17H17N3O6/c1-11-3-8-14(16(19-11)20(23)24)26-10-15(21)18-9-12-4-6-13(7-5-12)17(22)25-2/h3-8H,9-10H2,1-2H3,(H,18,21). The minimum atomic E-state index is -0.664. The largest absolute Gasteiger partial charge is 0.476 e. The lowest BCUT2D eigenvalue weighted by Crippen LogP contribution is -2.28. The first-order chi connectivity index (χ1) is 12.4. The molecule has 0 radical (unpaired) electrons.